The van der Waals surface area contributed by atoms with Crippen molar-refractivity contribution in [1.29, 1.82) is 0 Å². The fraction of sp³-hybridized carbons (Fsp3) is 0.190. The van der Waals surface area contributed by atoms with Crippen LogP contribution in [-0.4, -0.2) is 33.5 Å². The minimum absolute atomic E-state index is 0.0824. The number of nitrogens with one attached hydrogen (secondary N) is 1. The first-order chi connectivity index (χ1) is 13.7. The molecule has 3 rings (SSSR count). The van der Waals surface area contributed by atoms with Crippen LogP contribution in [-0.2, 0) is 17.8 Å². The van der Waals surface area contributed by atoms with Crippen molar-refractivity contribution in [3.05, 3.63) is 78.6 Å². The Balaban J connectivity index is 1.65. The lowest BCUT2D eigenvalue weighted by Crippen LogP contribution is -2.14. The molecule has 0 radical (unpaired) electrons. The van der Waals surface area contributed by atoms with E-state index in [0.29, 0.717) is 18.1 Å². The van der Waals surface area contributed by atoms with E-state index in [1.165, 1.54) is 11.8 Å². The fourth-order valence-corrected chi connectivity index (χ4v) is 3.41. The molecule has 1 heterocycles. The van der Waals surface area contributed by atoms with Crippen molar-refractivity contribution in [2.24, 2.45) is 0 Å². The maximum absolute atomic E-state index is 12.2. The molecular weight excluding hydrogens is 372 g/mol. The van der Waals surface area contributed by atoms with Crippen LogP contribution >= 0.6 is 11.8 Å². The van der Waals surface area contributed by atoms with E-state index in [4.69, 9.17) is 4.74 Å². The molecule has 1 aromatic heterocycles. The third-order valence-electron chi connectivity index (χ3n) is 4.02. The molecule has 0 saturated carbocycles. The lowest BCUT2D eigenvalue weighted by atomic mass is 10.1. The summed E-state index contributed by atoms with van der Waals surface area (Å²) >= 11 is 1.36. The van der Waals surface area contributed by atoms with Crippen molar-refractivity contribution in [2.75, 3.05) is 18.2 Å². The van der Waals surface area contributed by atoms with Crippen LogP contribution in [0.2, 0.25) is 0 Å². The third-order valence-corrected chi connectivity index (χ3v) is 4.98. The number of hydrogen-bond acceptors (Lipinski definition) is 5. The lowest BCUT2D eigenvalue weighted by Gasteiger charge is -2.08. The molecule has 0 unspecified atom stereocenters. The third kappa shape index (κ3) is 5.23. The van der Waals surface area contributed by atoms with Gasteiger partial charge in [-0.1, -0.05) is 48.2 Å². The highest BCUT2D eigenvalue weighted by molar-refractivity contribution is 7.99. The van der Waals surface area contributed by atoms with Gasteiger partial charge in [0.1, 0.15) is 11.6 Å². The quantitative estimate of drug-likeness (QED) is 0.442. The number of para-hydroxylation sites is 1. The number of nitrogens with zero attached hydrogens (tertiary/aromatic N) is 3. The molecule has 0 saturated heterocycles. The summed E-state index contributed by atoms with van der Waals surface area (Å²) in [6.45, 7) is 4.40. The molecule has 1 N–H and O–H groups in total. The molecule has 0 spiro atoms. The van der Waals surface area contributed by atoms with Gasteiger partial charge in [-0.25, -0.2) is 0 Å². The zero-order valence-electron chi connectivity index (χ0n) is 15.7. The molecule has 0 aliphatic rings. The second-order valence-corrected chi connectivity index (χ2v) is 6.97. The number of amides is 1. The smallest absolute Gasteiger partial charge is 0.234 e. The van der Waals surface area contributed by atoms with Crippen molar-refractivity contribution in [3.63, 3.8) is 0 Å². The summed E-state index contributed by atoms with van der Waals surface area (Å²) in [4.78, 5) is 12.2. The van der Waals surface area contributed by atoms with Crippen LogP contribution in [0.5, 0.6) is 5.75 Å². The standard InChI is InChI=1S/C21H22N4O2S/c1-3-13-25-19(14-16-9-11-18(27-2)12-10-16)23-24-21(25)28-15-20(26)22-17-7-5-4-6-8-17/h3-12H,1,13-15H2,2H3,(H,22,26). The second-order valence-electron chi connectivity index (χ2n) is 6.03. The number of anilines is 1. The molecule has 0 fully saturated rings. The maximum Gasteiger partial charge on any atom is 0.234 e. The Morgan fingerprint density at radius 2 is 1.93 bits per heavy atom. The lowest BCUT2D eigenvalue weighted by molar-refractivity contribution is -0.113. The number of methoxy groups -OCH3 is 1. The minimum atomic E-state index is -0.0824. The summed E-state index contributed by atoms with van der Waals surface area (Å²) in [7, 11) is 1.65. The summed E-state index contributed by atoms with van der Waals surface area (Å²) in [6.07, 6.45) is 2.44. The molecule has 1 amide bonds. The normalized spacial score (nSPS) is 10.5. The van der Waals surface area contributed by atoms with E-state index < -0.39 is 0 Å². The Morgan fingerprint density at radius 1 is 1.18 bits per heavy atom. The molecule has 6 nitrogen and oxygen atoms in total. The fourth-order valence-electron chi connectivity index (χ4n) is 2.64. The van der Waals surface area contributed by atoms with E-state index in [0.717, 1.165) is 22.8 Å². The Kier molecular flexibility index (Phi) is 6.86. The molecule has 144 valence electrons. The summed E-state index contributed by atoms with van der Waals surface area (Å²) in [6, 6.07) is 17.2. The maximum atomic E-state index is 12.2. The van der Waals surface area contributed by atoms with Crippen molar-refractivity contribution in [2.45, 2.75) is 18.1 Å². The molecule has 28 heavy (non-hydrogen) atoms. The largest absolute Gasteiger partial charge is 0.497 e. The van der Waals surface area contributed by atoms with Crippen molar-refractivity contribution in [1.82, 2.24) is 14.8 Å². The number of aromatic nitrogens is 3. The van der Waals surface area contributed by atoms with Crippen molar-refractivity contribution < 1.29 is 9.53 Å². The van der Waals surface area contributed by atoms with Gasteiger partial charge >= 0.3 is 0 Å². The van der Waals surface area contributed by atoms with Crippen molar-refractivity contribution in [3.8, 4) is 5.75 Å². The van der Waals surface area contributed by atoms with Crippen LogP contribution in [0, 0.1) is 0 Å². The van der Waals surface area contributed by atoms with E-state index >= 15 is 0 Å². The SMILES string of the molecule is C=CCn1c(Cc2ccc(OC)cc2)nnc1SCC(=O)Nc1ccccc1. The number of benzene rings is 2. The van der Waals surface area contributed by atoms with Gasteiger partial charge in [0, 0.05) is 18.7 Å². The van der Waals surface area contributed by atoms with Gasteiger partial charge < -0.3 is 14.6 Å². The Labute approximate surface area is 168 Å². The molecule has 7 heteroatoms. The van der Waals surface area contributed by atoms with Crippen LogP contribution < -0.4 is 10.1 Å². The number of hydrogen-bond donors (Lipinski definition) is 1. The number of allylic oxidation sites excluding steroid dienone is 1. The summed E-state index contributed by atoms with van der Waals surface area (Å²) in [5.74, 6) is 1.82. The predicted octanol–water partition coefficient (Wildman–Crippen LogP) is 3.79. The number of carbonyl (C=O) groups is 1. The first kappa shape index (κ1) is 19.7. The topological polar surface area (TPSA) is 69.0 Å². The minimum Gasteiger partial charge on any atom is -0.497 e. The van der Waals surface area contributed by atoms with Crippen LogP contribution in [0.1, 0.15) is 11.4 Å². The molecular formula is C21H22N4O2S. The first-order valence-corrected chi connectivity index (χ1v) is 9.81. The number of rotatable bonds is 9. The zero-order valence-corrected chi connectivity index (χ0v) is 16.5. The van der Waals surface area contributed by atoms with E-state index in [2.05, 4.69) is 22.1 Å². The van der Waals surface area contributed by atoms with Gasteiger partial charge in [0.05, 0.1) is 12.9 Å². The average Bonchev–Trinajstić information content (AvgIpc) is 3.09. The second kappa shape index (κ2) is 9.75. The van der Waals surface area contributed by atoms with E-state index in [-0.39, 0.29) is 11.7 Å². The number of carbonyl (C=O) groups excluding carboxylic acids is 1. The van der Waals surface area contributed by atoms with Gasteiger partial charge in [-0.15, -0.1) is 16.8 Å². The van der Waals surface area contributed by atoms with Crippen LogP contribution in [0.3, 0.4) is 0 Å². The Bertz CT molecular complexity index is 923. The van der Waals surface area contributed by atoms with Gasteiger partial charge in [-0.05, 0) is 29.8 Å². The molecule has 0 aliphatic heterocycles. The monoisotopic (exact) mass is 394 g/mol. The van der Waals surface area contributed by atoms with E-state index in [9.17, 15) is 4.79 Å². The predicted molar refractivity (Wildman–Crippen MR) is 112 cm³/mol. The Hall–Kier alpha value is -3.06. The average molecular weight is 395 g/mol. The van der Waals surface area contributed by atoms with Gasteiger partial charge in [-0.3, -0.25) is 4.79 Å². The zero-order chi connectivity index (χ0) is 19.8. The molecule has 3 aromatic rings. The van der Waals surface area contributed by atoms with Gasteiger partial charge in [-0.2, -0.15) is 0 Å². The highest BCUT2D eigenvalue weighted by Crippen LogP contribution is 2.20. The first-order valence-electron chi connectivity index (χ1n) is 8.83. The van der Waals surface area contributed by atoms with Gasteiger partial charge in [0.2, 0.25) is 5.91 Å². The van der Waals surface area contributed by atoms with Crippen molar-refractivity contribution >= 4 is 23.4 Å². The van der Waals surface area contributed by atoms with Gasteiger partial charge in [0.15, 0.2) is 5.16 Å². The molecule has 2 aromatic carbocycles. The molecule has 0 atom stereocenters. The van der Waals surface area contributed by atoms with E-state index in [1.807, 2.05) is 59.2 Å². The molecule has 0 bridgehead atoms. The number of ether oxygens (including phenoxy) is 1. The summed E-state index contributed by atoms with van der Waals surface area (Å²) < 4.78 is 7.18. The highest BCUT2D eigenvalue weighted by Gasteiger charge is 2.14. The summed E-state index contributed by atoms with van der Waals surface area (Å²) in [5.41, 5.74) is 1.89. The van der Waals surface area contributed by atoms with Crippen LogP contribution in [0.25, 0.3) is 0 Å². The summed E-state index contributed by atoms with van der Waals surface area (Å²) in [5, 5.41) is 12.2. The Morgan fingerprint density at radius 3 is 2.61 bits per heavy atom. The van der Waals surface area contributed by atoms with Crippen LogP contribution in [0.4, 0.5) is 5.69 Å². The number of thioether (sulfide) groups is 1. The van der Waals surface area contributed by atoms with Crippen LogP contribution in [0.15, 0.2) is 72.4 Å². The molecule has 0 aliphatic carbocycles. The van der Waals surface area contributed by atoms with Gasteiger partial charge in [0.25, 0.3) is 0 Å². The highest BCUT2D eigenvalue weighted by atomic mass is 32.2. The van der Waals surface area contributed by atoms with E-state index in [1.54, 1.807) is 13.2 Å².